The fourth-order valence-electron chi connectivity index (χ4n) is 3.16. The SMILES string of the molecule is CCCCCCCCCC(=O)CC(O)S(=O)(=O)O.O=C(O)CN(CCN(CC(=O)O)CC(=O)O)CC(=O)O.[Na+].[Na+].[Na+]. The number of hydrogen-bond donors (Lipinski definition) is 6. The second kappa shape index (κ2) is 30.4. The predicted molar refractivity (Wildman–Crippen MR) is 133 cm³/mol. The maximum atomic E-state index is 11.3. The molecule has 0 aliphatic rings. The Balaban J connectivity index is -0.000000197. The van der Waals surface area contributed by atoms with Crippen molar-refractivity contribution >= 4 is 39.8 Å². The number of rotatable bonds is 22. The molecule has 0 spiro atoms. The zero-order valence-electron chi connectivity index (χ0n) is 24.5. The Morgan fingerprint density at radius 1 is 0.634 bits per heavy atom. The molecule has 0 aliphatic carbocycles. The third-order valence-corrected chi connectivity index (χ3v) is 5.83. The molecule has 0 bridgehead atoms. The largest absolute Gasteiger partial charge is 1.00 e. The van der Waals surface area contributed by atoms with Crippen LogP contribution in [0.4, 0.5) is 0 Å². The molecule has 0 heterocycles. The minimum atomic E-state index is -4.51. The molecular weight excluding hydrogens is 601 g/mol. The Hall–Kier alpha value is 0.340. The van der Waals surface area contributed by atoms with Crippen LogP contribution in [0.25, 0.3) is 0 Å². The van der Waals surface area contributed by atoms with E-state index in [-0.39, 0.29) is 114 Å². The number of carbonyl (C=O) groups excluding carboxylic acids is 1. The molecule has 0 aliphatic heterocycles. The van der Waals surface area contributed by atoms with Gasteiger partial charge < -0.3 is 25.5 Å². The van der Waals surface area contributed by atoms with Gasteiger partial charge in [-0.3, -0.25) is 38.3 Å². The number of ketones is 1. The molecule has 6 N–H and O–H groups in total. The molecule has 0 rings (SSSR count). The molecule has 19 heteroatoms. The van der Waals surface area contributed by atoms with Crippen molar-refractivity contribution in [2.24, 2.45) is 0 Å². The molecule has 15 nitrogen and oxygen atoms in total. The van der Waals surface area contributed by atoms with E-state index in [4.69, 9.17) is 30.1 Å². The zero-order chi connectivity index (χ0) is 29.7. The van der Waals surface area contributed by atoms with Gasteiger partial charge >= 0.3 is 113 Å². The molecule has 0 aromatic carbocycles. The molecule has 0 fully saturated rings. The van der Waals surface area contributed by atoms with E-state index in [0.717, 1.165) is 29.1 Å². The van der Waals surface area contributed by atoms with E-state index < -0.39 is 72.0 Å². The van der Waals surface area contributed by atoms with E-state index >= 15 is 0 Å². The topological polar surface area (TPSA) is 247 Å². The number of Topliss-reactive ketones (excluding diaryl/α,β-unsaturated/α-hetero) is 1. The molecule has 0 aromatic heterocycles. The van der Waals surface area contributed by atoms with Crippen molar-refractivity contribution in [3.05, 3.63) is 0 Å². The van der Waals surface area contributed by atoms with Gasteiger partial charge in [-0.25, -0.2) is 0 Å². The molecule has 0 saturated carbocycles. The fourth-order valence-corrected chi connectivity index (χ4v) is 3.55. The van der Waals surface area contributed by atoms with Crippen molar-refractivity contribution in [2.75, 3.05) is 39.3 Å². The first-order chi connectivity index (χ1) is 17.6. The van der Waals surface area contributed by atoms with Crippen LogP contribution >= 0.6 is 0 Å². The third-order valence-electron chi connectivity index (χ3n) is 4.97. The van der Waals surface area contributed by atoms with Crippen LogP contribution in [0, 0.1) is 0 Å². The first-order valence-electron chi connectivity index (χ1n) is 12.1. The van der Waals surface area contributed by atoms with Gasteiger partial charge in [-0.2, -0.15) is 8.42 Å². The van der Waals surface area contributed by atoms with Crippen molar-refractivity contribution in [3.8, 4) is 0 Å². The Morgan fingerprint density at radius 3 is 1.24 bits per heavy atom. The van der Waals surface area contributed by atoms with Gasteiger partial charge in [-0.15, -0.1) is 0 Å². The molecule has 41 heavy (non-hydrogen) atoms. The number of carbonyl (C=O) groups is 5. The van der Waals surface area contributed by atoms with Crippen LogP contribution in [-0.2, 0) is 34.1 Å². The number of carboxylic acid groups (broad SMARTS) is 4. The third kappa shape index (κ3) is 36.4. The minimum Gasteiger partial charge on any atom is -0.480 e. The van der Waals surface area contributed by atoms with Crippen LogP contribution < -0.4 is 88.7 Å². The summed E-state index contributed by atoms with van der Waals surface area (Å²) in [6, 6.07) is 0. The van der Waals surface area contributed by atoms with Gasteiger partial charge in [0.25, 0.3) is 10.1 Å². The van der Waals surface area contributed by atoms with E-state index in [1.54, 1.807) is 0 Å². The molecule has 1 unspecified atom stereocenters. The maximum absolute atomic E-state index is 11.3. The first kappa shape index (κ1) is 50.9. The second-order valence-electron chi connectivity index (χ2n) is 8.58. The Bertz CT molecular complexity index is 796. The molecule has 1 atom stereocenters. The minimum absolute atomic E-state index is 0. The number of carboxylic acids is 4. The zero-order valence-corrected chi connectivity index (χ0v) is 31.3. The van der Waals surface area contributed by atoms with Gasteiger partial charge in [-0.05, 0) is 6.42 Å². The number of unbranched alkanes of at least 4 members (excludes halogenated alkanes) is 6. The van der Waals surface area contributed by atoms with Crippen molar-refractivity contribution in [2.45, 2.75) is 70.1 Å². The normalized spacial score (nSPS) is 11.1. The van der Waals surface area contributed by atoms with Crippen LogP contribution in [0.1, 0.15) is 64.7 Å². The van der Waals surface area contributed by atoms with Gasteiger partial charge in [0.1, 0.15) is 5.78 Å². The van der Waals surface area contributed by atoms with E-state index in [1.807, 2.05) is 0 Å². The number of hydrogen-bond acceptors (Lipinski definition) is 10. The van der Waals surface area contributed by atoms with Crippen LogP contribution in [0.5, 0.6) is 0 Å². The number of nitrogens with zero attached hydrogens (tertiary/aromatic N) is 2. The van der Waals surface area contributed by atoms with E-state index in [1.165, 1.54) is 19.3 Å². The van der Waals surface area contributed by atoms with Crippen LogP contribution in [0.2, 0.25) is 0 Å². The number of aliphatic hydroxyl groups is 1. The molecule has 0 aromatic rings. The van der Waals surface area contributed by atoms with Crippen molar-refractivity contribution < 1.29 is 151 Å². The van der Waals surface area contributed by atoms with E-state index in [9.17, 15) is 32.4 Å². The van der Waals surface area contributed by atoms with E-state index in [2.05, 4.69) is 6.92 Å². The van der Waals surface area contributed by atoms with E-state index in [0.29, 0.717) is 6.42 Å². The van der Waals surface area contributed by atoms with Gasteiger partial charge in [0, 0.05) is 25.9 Å². The molecule has 0 radical (unpaired) electrons. The molecule has 0 saturated heterocycles. The van der Waals surface area contributed by atoms with Gasteiger partial charge in [0.05, 0.1) is 26.2 Å². The standard InChI is InChI=1S/C12H24O5S.C10H16N2O8.3Na/c1-2-3-4-5-6-7-8-9-11(13)10-12(14)18(15,16)17;13-7(14)3-11(4-8(15)16)1-2-12(5-9(17)18)6-10(19)20;;;/h12,14H,2-10H2,1H3,(H,15,16,17);1-6H2,(H,13,14)(H,15,16)(H,17,18)(H,19,20);;;/q;;3*+1. The van der Waals surface area contributed by atoms with Crippen molar-refractivity contribution in [1.82, 2.24) is 9.80 Å². The molecular formula is C22H40N2Na3O13S+3. The van der Waals surface area contributed by atoms with Crippen LogP contribution in [0.3, 0.4) is 0 Å². The summed E-state index contributed by atoms with van der Waals surface area (Å²) in [7, 11) is -4.51. The summed E-state index contributed by atoms with van der Waals surface area (Å²) in [6.07, 6.45) is 7.29. The summed E-state index contributed by atoms with van der Waals surface area (Å²) in [5.41, 5.74) is -1.98. The maximum Gasteiger partial charge on any atom is 1.00 e. The fraction of sp³-hybridized carbons (Fsp3) is 0.773. The summed E-state index contributed by atoms with van der Waals surface area (Å²) in [5, 5.41) is 43.5. The Kier molecular flexibility index (Phi) is 37.7. The smallest absolute Gasteiger partial charge is 0.480 e. The van der Waals surface area contributed by atoms with Gasteiger partial charge in [0.15, 0.2) is 5.44 Å². The van der Waals surface area contributed by atoms with Crippen LogP contribution in [-0.4, -0.2) is 123 Å². The second-order valence-corrected chi connectivity index (χ2v) is 10.2. The predicted octanol–water partition coefficient (Wildman–Crippen LogP) is -8.77. The average molecular weight is 642 g/mol. The van der Waals surface area contributed by atoms with Crippen LogP contribution in [0.15, 0.2) is 0 Å². The first-order valence-corrected chi connectivity index (χ1v) is 13.6. The Morgan fingerprint density at radius 2 is 0.951 bits per heavy atom. The Labute approximate surface area is 307 Å². The summed E-state index contributed by atoms with van der Waals surface area (Å²) >= 11 is 0. The van der Waals surface area contributed by atoms with Gasteiger partial charge in [-0.1, -0.05) is 45.4 Å². The summed E-state index contributed by atoms with van der Waals surface area (Å²) in [6.45, 7) is -0.0986. The number of aliphatic hydroxyl groups excluding tert-OH is 1. The summed E-state index contributed by atoms with van der Waals surface area (Å²) < 4.78 is 29.5. The van der Waals surface area contributed by atoms with Gasteiger partial charge in [0.2, 0.25) is 0 Å². The van der Waals surface area contributed by atoms with Crippen molar-refractivity contribution in [3.63, 3.8) is 0 Å². The summed E-state index contributed by atoms with van der Waals surface area (Å²) in [4.78, 5) is 55.7. The monoisotopic (exact) mass is 641 g/mol. The average Bonchev–Trinajstić information content (AvgIpc) is 2.75. The number of aliphatic carboxylic acids is 4. The quantitative estimate of drug-likeness (QED) is 0.0365. The molecule has 0 amide bonds. The molecule has 222 valence electrons. The van der Waals surface area contributed by atoms with Crippen molar-refractivity contribution in [1.29, 1.82) is 0 Å². The summed E-state index contributed by atoms with van der Waals surface area (Å²) in [5.74, 6) is -5.24.